The molecule has 2 unspecified atom stereocenters. The molecule has 110 valence electrons. The van der Waals surface area contributed by atoms with Crippen molar-refractivity contribution in [3.63, 3.8) is 0 Å². The van der Waals surface area contributed by atoms with E-state index in [0.717, 1.165) is 25.7 Å². The van der Waals surface area contributed by atoms with Crippen LogP contribution in [0.25, 0.3) is 0 Å². The van der Waals surface area contributed by atoms with Crippen LogP contribution in [0.15, 0.2) is 17.5 Å². The molecule has 0 spiro atoms. The molecule has 0 radical (unpaired) electrons. The second-order valence-corrected chi connectivity index (χ2v) is 7.72. The summed E-state index contributed by atoms with van der Waals surface area (Å²) < 4.78 is 0. The van der Waals surface area contributed by atoms with Gasteiger partial charge in [-0.1, -0.05) is 19.4 Å². The van der Waals surface area contributed by atoms with Gasteiger partial charge in [-0.3, -0.25) is 10.1 Å². The molecule has 2 aliphatic heterocycles. The van der Waals surface area contributed by atoms with Crippen molar-refractivity contribution in [1.29, 1.82) is 0 Å². The monoisotopic (exact) mass is 310 g/mol. The van der Waals surface area contributed by atoms with Crippen molar-refractivity contribution in [2.24, 2.45) is 0 Å². The van der Waals surface area contributed by atoms with Crippen LogP contribution in [-0.2, 0) is 4.79 Å². The van der Waals surface area contributed by atoms with Crippen molar-refractivity contribution in [2.45, 2.75) is 50.9 Å². The van der Waals surface area contributed by atoms with E-state index in [4.69, 9.17) is 0 Å². The number of rotatable bonds is 4. The molecule has 5 heteroatoms. The van der Waals surface area contributed by atoms with Gasteiger partial charge >= 0.3 is 0 Å². The zero-order valence-corrected chi connectivity index (χ0v) is 13.5. The Morgan fingerprint density at radius 3 is 2.85 bits per heavy atom. The van der Waals surface area contributed by atoms with E-state index < -0.39 is 0 Å². The van der Waals surface area contributed by atoms with Crippen LogP contribution in [0.5, 0.6) is 0 Å². The zero-order valence-electron chi connectivity index (χ0n) is 11.9. The van der Waals surface area contributed by atoms with Gasteiger partial charge in [-0.05, 0) is 42.2 Å². The highest BCUT2D eigenvalue weighted by Crippen LogP contribution is 2.35. The van der Waals surface area contributed by atoms with Gasteiger partial charge in [-0.2, -0.15) is 11.8 Å². The normalized spacial score (nSPS) is 28.2. The Balaban J connectivity index is 1.83. The number of amides is 1. The molecule has 3 nitrogen and oxygen atoms in total. The standard InChI is InChI=1S/C15H22N2OS2/c1-2-4-12-15(18)17(11-6-9-19-10-7-11)14(16-12)13-5-3-8-20-13/h3,5,8,11-12,14,16H,2,4,6-7,9-10H2,1H3. The van der Waals surface area contributed by atoms with E-state index in [2.05, 4.69) is 34.7 Å². The van der Waals surface area contributed by atoms with Crippen molar-refractivity contribution in [3.05, 3.63) is 22.4 Å². The fourth-order valence-electron chi connectivity index (χ4n) is 3.16. The summed E-state index contributed by atoms with van der Waals surface area (Å²) in [6, 6.07) is 4.66. The first kappa shape index (κ1) is 14.4. The van der Waals surface area contributed by atoms with E-state index in [-0.39, 0.29) is 12.2 Å². The second kappa shape index (κ2) is 6.50. The SMILES string of the molecule is CCCC1NC(c2cccs2)N(C2CCSCC2)C1=O. The molecule has 20 heavy (non-hydrogen) atoms. The first-order chi connectivity index (χ1) is 9.81. The molecule has 1 N–H and O–H groups in total. The summed E-state index contributed by atoms with van der Waals surface area (Å²) in [5, 5.41) is 5.67. The molecular weight excluding hydrogens is 288 g/mol. The van der Waals surface area contributed by atoms with Gasteiger partial charge in [0.15, 0.2) is 0 Å². The van der Waals surface area contributed by atoms with Crippen LogP contribution < -0.4 is 5.32 Å². The Morgan fingerprint density at radius 2 is 2.20 bits per heavy atom. The smallest absolute Gasteiger partial charge is 0.241 e. The van der Waals surface area contributed by atoms with Gasteiger partial charge < -0.3 is 4.90 Å². The van der Waals surface area contributed by atoms with Gasteiger partial charge in [-0.25, -0.2) is 0 Å². The molecule has 2 atom stereocenters. The lowest BCUT2D eigenvalue weighted by Gasteiger charge is -2.34. The van der Waals surface area contributed by atoms with Crippen LogP contribution in [0, 0.1) is 0 Å². The molecule has 1 amide bonds. The van der Waals surface area contributed by atoms with Crippen molar-refractivity contribution in [1.82, 2.24) is 10.2 Å². The van der Waals surface area contributed by atoms with Crippen molar-refractivity contribution in [2.75, 3.05) is 11.5 Å². The number of thiophene rings is 1. The van der Waals surface area contributed by atoms with Crippen LogP contribution in [0.3, 0.4) is 0 Å². The van der Waals surface area contributed by atoms with Gasteiger partial charge in [0.25, 0.3) is 0 Å². The molecule has 2 aliphatic rings. The summed E-state index contributed by atoms with van der Waals surface area (Å²) in [4.78, 5) is 16.2. The topological polar surface area (TPSA) is 32.3 Å². The minimum absolute atomic E-state index is 0.0154. The van der Waals surface area contributed by atoms with Gasteiger partial charge in [0.05, 0.1) is 6.04 Å². The molecule has 0 aliphatic carbocycles. The molecule has 3 heterocycles. The molecule has 0 aromatic carbocycles. The fraction of sp³-hybridized carbons (Fsp3) is 0.667. The third-order valence-electron chi connectivity index (χ3n) is 4.16. The van der Waals surface area contributed by atoms with Crippen LogP contribution in [0.1, 0.15) is 43.6 Å². The predicted octanol–water partition coefficient (Wildman–Crippen LogP) is 3.24. The van der Waals surface area contributed by atoms with Crippen molar-refractivity contribution in [3.8, 4) is 0 Å². The molecule has 0 saturated carbocycles. The zero-order chi connectivity index (χ0) is 13.9. The Bertz CT molecular complexity index is 443. The maximum atomic E-state index is 12.8. The molecule has 1 aromatic rings. The summed E-state index contributed by atoms with van der Waals surface area (Å²) in [5.74, 6) is 2.69. The molecule has 2 saturated heterocycles. The maximum Gasteiger partial charge on any atom is 0.241 e. The summed E-state index contributed by atoms with van der Waals surface area (Å²) in [6.45, 7) is 2.15. The maximum absolute atomic E-state index is 12.8. The summed E-state index contributed by atoms with van der Waals surface area (Å²) in [6.07, 6.45) is 4.37. The highest BCUT2D eigenvalue weighted by molar-refractivity contribution is 7.99. The predicted molar refractivity (Wildman–Crippen MR) is 86.1 cm³/mol. The Labute approximate surface area is 129 Å². The minimum atomic E-state index is 0.0154. The molecule has 1 aromatic heterocycles. The second-order valence-electron chi connectivity index (χ2n) is 5.51. The average Bonchev–Trinajstić information content (AvgIpc) is 3.09. The lowest BCUT2D eigenvalue weighted by Crippen LogP contribution is -2.42. The van der Waals surface area contributed by atoms with E-state index in [1.807, 2.05) is 11.8 Å². The van der Waals surface area contributed by atoms with Crippen LogP contribution >= 0.6 is 23.1 Å². The highest BCUT2D eigenvalue weighted by Gasteiger charge is 2.43. The number of thioether (sulfide) groups is 1. The van der Waals surface area contributed by atoms with Gasteiger partial charge in [-0.15, -0.1) is 11.3 Å². The Hall–Kier alpha value is -0.520. The van der Waals surface area contributed by atoms with E-state index in [1.165, 1.54) is 16.4 Å². The first-order valence-corrected chi connectivity index (χ1v) is 9.54. The van der Waals surface area contributed by atoms with E-state index in [0.29, 0.717) is 11.9 Å². The number of carbonyl (C=O) groups is 1. The molecule has 0 bridgehead atoms. The number of carbonyl (C=O) groups excluding carboxylic acids is 1. The summed E-state index contributed by atoms with van der Waals surface area (Å²) >= 11 is 3.76. The van der Waals surface area contributed by atoms with E-state index in [9.17, 15) is 4.79 Å². The Morgan fingerprint density at radius 1 is 1.40 bits per heavy atom. The first-order valence-electron chi connectivity index (χ1n) is 7.50. The number of hydrogen-bond acceptors (Lipinski definition) is 4. The number of nitrogens with one attached hydrogen (secondary N) is 1. The molecule has 2 fully saturated rings. The molecular formula is C15H22N2OS2. The fourth-order valence-corrected chi connectivity index (χ4v) is 5.03. The summed E-state index contributed by atoms with van der Waals surface area (Å²) in [5.41, 5.74) is 0. The quantitative estimate of drug-likeness (QED) is 0.926. The third-order valence-corrected chi connectivity index (χ3v) is 6.14. The Kier molecular flexibility index (Phi) is 4.68. The minimum Gasteiger partial charge on any atom is -0.318 e. The summed E-state index contributed by atoms with van der Waals surface area (Å²) in [7, 11) is 0. The number of hydrogen-bond donors (Lipinski definition) is 1. The lowest BCUT2D eigenvalue weighted by atomic mass is 10.1. The number of nitrogens with zero attached hydrogens (tertiary/aromatic N) is 1. The highest BCUT2D eigenvalue weighted by atomic mass is 32.2. The average molecular weight is 310 g/mol. The molecule has 3 rings (SSSR count). The lowest BCUT2D eigenvalue weighted by molar-refractivity contribution is -0.132. The van der Waals surface area contributed by atoms with Crippen LogP contribution in [-0.4, -0.2) is 34.4 Å². The van der Waals surface area contributed by atoms with E-state index in [1.54, 1.807) is 11.3 Å². The van der Waals surface area contributed by atoms with E-state index >= 15 is 0 Å². The van der Waals surface area contributed by atoms with Gasteiger partial charge in [0.2, 0.25) is 5.91 Å². The third kappa shape index (κ3) is 2.76. The van der Waals surface area contributed by atoms with Gasteiger partial charge in [0.1, 0.15) is 6.17 Å². The van der Waals surface area contributed by atoms with Crippen LogP contribution in [0.2, 0.25) is 0 Å². The van der Waals surface area contributed by atoms with Crippen molar-refractivity contribution >= 4 is 29.0 Å². The van der Waals surface area contributed by atoms with Crippen molar-refractivity contribution < 1.29 is 4.79 Å². The largest absolute Gasteiger partial charge is 0.318 e. The van der Waals surface area contributed by atoms with Gasteiger partial charge in [0, 0.05) is 10.9 Å². The van der Waals surface area contributed by atoms with Crippen LogP contribution in [0.4, 0.5) is 0 Å².